The fourth-order valence-electron chi connectivity index (χ4n) is 3.90. The van der Waals surface area contributed by atoms with Gasteiger partial charge < -0.3 is 10.1 Å². The maximum absolute atomic E-state index is 5.64. The van der Waals surface area contributed by atoms with E-state index in [-0.39, 0.29) is 0 Å². The molecule has 0 radical (unpaired) electrons. The van der Waals surface area contributed by atoms with E-state index in [1.54, 1.807) is 0 Å². The molecule has 0 amide bonds. The highest BCUT2D eigenvalue weighted by Gasteiger charge is 2.28. The van der Waals surface area contributed by atoms with Gasteiger partial charge in [0.2, 0.25) is 0 Å². The number of hydrogen-bond acceptors (Lipinski definition) is 2. The molecule has 0 heterocycles. The van der Waals surface area contributed by atoms with Gasteiger partial charge in [-0.15, -0.1) is 0 Å². The third-order valence-corrected chi connectivity index (χ3v) is 5.00. The standard InChI is InChI=1S/C16H31NO/c1-3-6-13-9-11-14(12-10-13)17-15-7-4-5-8-16(15)18-2/h13-17H,3-12H2,1-2H3. The molecule has 2 fully saturated rings. The maximum atomic E-state index is 5.64. The Bertz CT molecular complexity index is 223. The Morgan fingerprint density at radius 1 is 1.00 bits per heavy atom. The van der Waals surface area contributed by atoms with E-state index in [0.717, 1.165) is 12.0 Å². The summed E-state index contributed by atoms with van der Waals surface area (Å²) >= 11 is 0. The Morgan fingerprint density at radius 2 is 1.72 bits per heavy atom. The van der Waals surface area contributed by atoms with Crippen LogP contribution in [0.4, 0.5) is 0 Å². The molecular formula is C16H31NO. The van der Waals surface area contributed by atoms with Gasteiger partial charge in [0.25, 0.3) is 0 Å². The summed E-state index contributed by atoms with van der Waals surface area (Å²) in [5.74, 6) is 1.01. The third-order valence-electron chi connectivity index (χ3n) is 5.00. The molecule has 2 nitrogen and oxygen atoms in total. The molecule has 0 aliphatic heterocycles. The van der Waals surface area contributed by atoms with Crippen molar-refractivity contribution in [3.63, 3.8) is 0 Å². The van der Waals surface area contributed by atoms with E-state index in [9.17, 15) is 0 Å². The predicted molar refractivity (Wildman–Crippen MR) is 76.8 cm³/mol. The summed E-state index contributed by atoms with van der Waals surface area (Å²) in [7, 11) is 1.88. The Hall–Kier alpha value is -0.0800. The first kappa shape index (κ1) is 14.3. The van der Waals surface area contributed by atoms with Crippen LogP contribution in [0.5, 0.6) is 0 Å². The van der Waals surface area contributed by atoms with Crippen molar-refractivity contribution in [3.8, 4) is 0 Å². The zero-order chi connectivity index (χ0) is 12.8. The highest BCUT2D eigenvalue weighted by molar-refractivity contribution is 4.86. The molecule has 2 unspecified atom stereocenters. The minimum Gasteiger partial charge on any atom is -0.380 e. The second-order valence-electron chi connectivity index (χ2n) is 6.34. The summed E-state index contributed by atoms with van der Waals surface area (Å²) in [4.78, 5) is 0. The lowest BCUT2D eigenvalue weighted by Crippen LogP contribution is -2.48. The topological polar surface area (TPSA) is 21.3 Å². The second-order valence-corrected chi connectivity index (χ2v) is 6.34. The van der Waals surface area contributed by atoms with E-state index >= 15 is 0 Å². The highest BCUT2D eigenvalue weighted by Crippen LogP contribution is 2.29. The van der Waals surface area contributed by atoms with Crippen LogP contribution in [0.25, 0.3) is 0 Å². The van der Waals surface area contributed by atoms with Crippen molar-refractivity contribution < 1.29 is 4.74 Å². The first-order valence-corrected chi connectivity index (χ1v) is 8.12. The monoisotopic (exact) mass is 253 g/mol. The average Bonchev–Trinajstić information content (AvgIpc) is 2.42. The molecule has 2 saturated carbocycles. The molecule has 1 N–H and O–H groups in total. The van der Waals surface area contributed by atoms with Gasteiger partial charge in [-0.3, -0.25) is 0 Å². The predicted octanol–water partition coefficient (Wildman–Crippen LogP) is 3.89. The lowest BCUT2D eigenvalue weighted by molar-refractivity contribution is 0.0348. The van der Waals surface area contributed by atoms with Gasteiger partial charge in [-0.1, -0.05) is 32.6 Å². The summed E-state index contributed by atoms with van der Waals surface area (Å²) in [6.45, 7) is 2.32. The zero-order valence-corrected chi connectivity index (χ0v) is 12.3. The molecule has 2 rings (SSSR count). The molecular weight excluding hydrogens is 222 g/mol. The summed E-state index contributed by atoms with van der Waals surface area (Å²) < 4.78 is 5.64. The fourth-order valence-corrected chi connectivity index (χ4v) is 3.90. The molecule has 2 atom stereocenters. The first-order valence-electron chi connectivity index (χ1n) is 8.12. The second kappa shape index (κ2) is 7.49. The largest absolute Gasteiger partial charge is 0.380 e. The van der Waals surface area contributed by atoms with Gasteiger partial charge in [-0.2, -0.15) is 0 Å². The van der Waals surface area contributed by atoms with Gasteiger partial charge in [-0.25, -0.2) is 0 Å². The molecule has 0 aromatic heterocycles. The minimum absolute atomic E-state index is 0.465. The highest BCUT2D eigenvalue weighted by atomic mass is 16.5. The van der Waals surface area contributed by atoms with Gasteiger partial charge in [-0.05, 0) is 44.4 Å². The summed E-state index contributed by atoms with van der Waals surface area (Å²) in [6, 6.07) is 1.38. The first-order chi connectivity index (χ1) is 8.83. The van der Waals surface area contributed by atoms with Gasteiger partial charge in [0.1, 0.15) is 0 Å². The van der Waals surface area contributed by atoms with Crippen molar-refractivity contribution >= 4 is 0 Å². The molecule has 2 aliphatic rings. The van der Waals surface area contributed by atoms with Crippen LogP contribution in [0, 0.1) is 5.92 Å². The normalized spacial score (nSPS) is 37.7. The van der Waals surface area contributed by atoms with Crippen molar-refractivity contribution in [2.75, 3.05) is 7.11 Å². The van der Waals surface area contributed by atoms with E-state index in [4.69, 9.17) is 4.74 Å². The third kappa shape index (κ3) is 3.96. The molecule has 18 heavy (non-hydrogen) atoms. The van der Waals surface area contributed by atoms with E-state index in [0.29, 0.717) is 12.1 Å². The zero-order valence-electron chi connectivity index (χ0n) is 12.3. The quantitative estimate of drug-likeness (QED) is 0.802. The van der Waals surface area contributed by atoms with Crippen LogP contribution in [-0.4, -0.2) is 25.3 Å². The minimum atomic E-state index is 0.465. The van der Waals surface area contributed by atoms with Crippen LogP contribution in [0.15, 0.2) is 0 Å². The van der Waals surface area contributed by atoms with E-state index in [1.165, 1.54) is 64.2 Å². The summed E-state index contributed by atoms with van der Waals surface area (Å²) in [5, 5.41) is 3.90. The van der Waals surface area contributed by atoms with Crippen molar-refractivity contribution in [1.82, 2.24) is 5.32 Å². The number of ether oxygens (including phenoxy) is 1. The van der Waals surface area contributed by atoms with Crippen molar-refractivity contribution in [1.29, 1.82) is 0 Å². The van der Waals surface area contributed by atoms with Crippen LogP contribution in [0.2, 0.25) is 0 Å². The number of rotatable bonds is 5. The fraction of sp³-hybridized carbons (Fsp3) is 1.00. The molecule has 2 aliphatic carbocycles. The Kier molecular flexibility index (Phi) is 5.97. The SMILES string of the molecule is CCCC1CCC(NC2CCCCC2OC)CC1. The Morgan fingerprint density at radius 3 is 2.39 bits per heavy atom. The molecule has 0 bridgehead atoms. The molecule has 0 spiro atoms. The Balaban J connectivity index is 1.73. The van der Waals surface area contributed by atoms with Crippen LogP contribution in [0.1, 0.15) is 71.1 Å². The van der Waals surface area contributed by atoms with E-state index in [2.05, 4.69) is 12.2 Å². The molecule has 0 aromatic rings. The summed E-state index contributed by atoms with van der Waals surface area (Å²) in [5.41, 5.74) is 0. The summed E-state index contributed by atoms with van der Waals surface area (Å²) in [6.07, 6.45) is 14.2. The van der Waals surface area contributed by atoms with Crippen LogP contribution in [-0.2, 0) is 4.74 Å². The average molecular weight is 253 g/mol. The van der Waals surface area contributed by atoms with Gasteiger partial charge in [0.05, 0.1) is 6.10 Å². The number of methoxy groups -OCH3 is 1. The number of nitrogens with one attached hydrogen (secondary N) is 1. The van der Waals surface area contributed by atoms with Crippen molar-refractivity contribution in [3.05, 3.63) is 0 Å². The lowest BCUT2D eigenvalue weighted by Gasteiger charge is -2.37. The van der Waals surface area contributed by atoms with Gasteiger partial charge >= 0.3 is 0 Å². The van der Waals surface area contributed by atoms with Crippen LogP contribution < -0.4 is 5.32 Å². The van der Waals surface area contributed by atoms with Gasteiger partial charge in [0.15, 0.2) is 0 Å². The number of hydrogen-bond donors (Lipinski definition) is 1. The van der Waals surface area contributed by atoms with Crippen molar-refractivity contribution in [2.24, 2.45) is 5.92 Å². The van der Waals surface area contributed by atoms with Gasteiger partial charge in [0, 0.05) is 19.2 Å². The molecule has 0 aromatic carbocycles. The van der Waals surface area contributed by atoms with E-state index in [1.807, 2.05) is 7.11 Å². The van der Waals surface area contributed by atoms with Crippen molar-refractivity contribution in [2.45, 2.75) is 89.3 Å². The van der Waals surface area contributed by atoms with Crippen LogP contribution in [0.3, 0.4) is 0 Å². The molecule has 0 saturated heterocycles. The Labute approximate surface area is 113 Å². The molecule has 2 heteroatoms. The lowest BCUT2D eigenvalue weighted by atomic mass is 9.82. The maximum Gasteiger partial charge on any atom is 0.0724 e. The van der Waals surface area contributed by atoms with E-state index < -0.39 is 0 Å². The molecule has 106 valence electrons. The van der Waals surface area contributed by atoms with Crippen LogP contribution >= 0.6 is 0 Å². The smallest absolute Gasteiger partial charge is 0.0724 e.